The maximum Gasteiger partial charge on any atom is 0.176 e. The summed E-state index contributed by atoms with van der Waals surface area (Å²) < 4.78 is 7.50. The van der Waals surface area contributed by atoms with Crippen LogP contribution in [-0.2, 0) is 6.54 Å². The molecule has 0 spiro atoms. The van der Waals surface area contributed by atoms with Crippen molar-refractivity contribution in [3.05, 3.63) is 95.6 Å². The number of benzene rings is 2. The summed E-state index contributed by atoms with van der Waals surface area (Å²) in [4.78, 5) is 17.2. The number of Topliss-reactive ketones (excluding diaryl/α,β-unsaturated/α-hetero) is 1. The Morgan fingerprint density at radius 2 is 1.88 bits per heavy atom. The molecule has 0 fully saturated rings. The molecule has 3 aromatic heterocycles. The summed E-state index contributed by atoms with van der Waals surface area (Å²) in [7, 11) is 0. The lowest BCUT2D eigenvalue weighted by Crippen LogP contribution is -1.99. The minimum atomic E-state index is -0.188. The molecule has 0 saturated carbocycles. The Morgan fingerprint density at radius 1 is 1.06 bits per heavy atom. The van der Waals surface area contributed by atoms with Gasteiger partial charge >= 0.3 is 0 Å². The zero-order valence-corrected chi connectivity index (χ0v) is 18.9. The number of carbonyl (C=O) groups excluding carboxylic acids is 1. The third-order valence-electron chi connectivity index (χ3n) is 5.97. The first kappa shape index (κ1) is 21.4. The van der Waals surface area contributed by atoms with Crippen LogP contribution in [0.2, 0.25) is 0 Å². The van der Waals surface area contributed by atoms with E-state index in [2.05, 4.69) is 34.1 Å². The van der Waals surface area contributed by atoms with Crippen molar-refractivity contribution >= 4 is 16.8 Å². The zero-order chi connectivity index (χ0) is 23.7. The normalized spacial score (nSPS) is 11.0. The number of ketones is 1. The van der Waals surface area contributed by atoms with Crippen LogP contribution in [0.1, 0.15) is 33.8 Å². The number of aryl methyl sites for hydroxylation is 2. The molecule has 34 heavy (non-hydrogen) atoms. The van der Waals surface area contributed by atoms with E-state index in [4.69, 9.17) is 14.8 Å². The van der Waals surface area contributed by atoms with Crippen LogP contribution >= 0.6 is 0 Å². The number of nitrogens with zero attached hydrogens (tertiary/aromatic N) is 4. The maximum absolute atomic E-state index is 12.4. The molecule has 0 amide bonds. The van der Waals surface area contributed by atoms with E-state index >= 15 is 0 Å². The minimum absolute atomic E-state index is 0.142. The standard InChI is InChI=1S/C28H22N4O2/c1-18-27(19(2)34-31-18)23-14-24-25(21-9-6-10-22(13-21)26(33)11-12-29)17-32(28(24)30-15-23)16-20-7-4-3-5-8-20/h3-10,13-15,17H,11,16H2,1-2H3. The van der Waals surface area contributed by atoms with Crippen molar-refractivity contribution in [3.8, 4) is 28.3 Å². The average Bonchev–Trinajstić information content (AvgIpc) is 3.38. The first-order chi connectivity index (χ1) is 16.5. The molecule has 0 saturated heterocycles. The Hall–Kier alpha value is -4.50. The molecule has 0 N–H and O–H groups in total. The number of pyridine rings is 1. The van der Waals surface area contributed by atoms with E-state index in [-0.39, 0.29) is 12.2 Å². The zero-order valence-electron chi connectivity index (χ0n) is 18.9. The van der Waals surface area contributed by atoms with Gasteiger partial charge in [-0.1, -0.05) is 53.7 Å². The number of aromatic nitrogens is 3. The molecule has 0 aliphatic carbocycles. The second-order valence-electron chi connectivity index (χ2n) is 8.29. The van der Waals surface area contributed by atoms with Gasteiger partial charge in [0.2, 0.25) is 0 Å². The van der Waals surface area contributed by atoms with Gasteiger partial charge in [-0.3, -0.25) is 4.79 Å². The molecule has 0 atom stereocenters. The molecule has 0 aliphatic rings. The van der Waals surface area contributed by atoms with Crippen molar-refractivity contribution in [3.63, 3.8) is 0 Å². The van der Waals surface area contributed by atoms with Gasteiger partial charge in [0.15, 0.2) is 5.78 Å². The predicted molar refractivity (Wildman–Crippen MR) is 130 cm³/mol. The van der Waals surface area contributed by atoms with E-state index in [1.165, 1.54) is 5.56 Å². The number of hydrogen-bond acceptors (Lipinski definition) is 5. The summed E-state index contributed by atoms with van der Waals surface area (Å²) >= 11 is 0. The molecule has 2 aromatic carbocycles. The quantitative estimate of drug-likeness (QED) is 0.293. The predicted octanol–water partition coefficient (Wildman–Crippen LogP) is 6.12. The molecular formula is C28H22N4O2. The fourth-order valence-corrected chi connectivity index (χ4v) is 4.37. The van der Waals surface area contributed by atoms with Crippen LogP contribution < -0.4 is 0 Å². The van der Waals surface area contributed by atoms with Crippen LogP contribution in [0.15, 0.2) is 77.6 Å². The van der Waals surface area contributed by atoms with Crippen molar-refractivity contribution in [2.45, 2.75) is 26.8 Å². The fourth-order valence-electron chi connectivity index (χ4n) is 4.37. The van der Waals surface area contributed by atoms with E-state index in [9.17, 15) is 4.79 Å². The van der Waals surface area contributed by atoms with Gasteiger partial charge in [-0.05, 0) is 37.1 Å². The van der Waals surface area contributed by atoms with Crippen LogP contribution in [0.5, 0.6) is 0 Å². The maximum atomic E-state index is 12.4. The van der Waals surface area contributed by atoms with E-state index in [1.54, 1.807) is 6.07 Å². The summed E-state index contributed by atoms with van der Waals surface area (Å²) in [5.41, 5.74) is 7.10. The number of rotatable bonds is 6. The molecule has 6 heteroatoms. The fraction of sp³-hybridized carbons (Fsp3) is 0.143. The van der Waals surface area contributed by atoms with Gasteiger partial charge in [-0.15, -0.1) is 0 Å². The van der Waals surface area contributed by atoms with Crippen LogP contribution in [0.3, 0.4) is 0 Å². The average molecular weight is 447 g/mol. The monoisotopic (exact) mass is 446 g/mol. The molecule has 0 aliphatic heterocycles. The molecule has 0 radical (unpaired) electrons. The highest BCUT2D eigenvalue weighted by atomic mass is 16.5. The van der Waals surface area contributed by atoms with E-state index in [0.29, 0.717) is 12.1 Å². The third-order valence-corrected chi connectivity index (χ3v) is 5.97. The van der Waals surface area contributed by atoms with Gasteiger partial charge in [-0.25, -0.2) is 4.98 Å². The van der Waals surface area contributed by atoms with Crippen molar-refractivity contribution in [1.82, 2.24) is 14.7 Å². The third kappa shape index (κ3) is 3.89. The topological polar surface area (TPSA) is 84.7 Å². The van der Waals surface area contributed by atoms with Crippen molar-refractivity contribution < 1.29 is 9.32 Å². The Kier molecular flexibility index (Phi) is 5.52. The number of fused-ring (bicyclic) bond motifs is 1. The number of carbonyl (C=O) groups is 1. The van der Waals surface area contributed by atoms with E-state index < -0.39 is 0 Å². The van der Waals surface area contributed by atoms with Crippen molar-refractivity contribution in [1.29, 1.82) is 5.26 Å². The number of nitriles is 1. The lowest BCUT2D eigenvalue weighted by atomic mass is 9.99. The number of hydrogen-bond donors (Lipinski definition) is 0. The second kappa shape index (κ2) is 8.80. The Morgan fingerprint density at radius 3 is 2.62 bits per heavy atom. The van der Waals surface area contributed by atoms with Gasteiger partial charge in [-0.2, -0.15) is 5.26 Å². The van der Waals surface area contributed by atoms with Gasteiger partial charge in [0, 0.05) is 46.6 Å². The lowest BCUT2D eigenvalue weighted by molar-refractivity contribution is 0.0997. The largest absolute Gasteiger partial charge is 0.361 e. The first-order valence-corrected chi connectivity index (χ1v) is 11.0. The highest BCUT2D eigenvalue weighted by Gasteiger charge is 2.18. The molecule has 0 unspecified atom stereocenters. The van der Waals surface area contributed by atoms with Crippen molar-refractivity contribution in [2.75, 3.05) is 0 Å². The highest BCUT2D eigenvalue weighted by molar-refractivity contribution is 6.01. The summed E-state index contributed by atoms with van der Waals surface area (Å²) in [6.07, 6.45) is 3.79. The summed E-state index contributed by atoms with van der Waals surface area (Å²) in [5, 5.41) is 14.0. The smallest absolute Gasteiger partial charge is 0.176 e. The summed E-state index contributed by atoms with van der Waals surface area (Å²) in [5.74, 6) is 0.555. The van der Waals surface area contributed by atoms with Gasteiger partial charge < -0.3 is 9.09 Å². The Labute approximate surface area is 197 Å². The lowest BCUT2D eigenvalue weighted by Gasteiger charge is -2.06. The van der Waals surface area contributed by atoms with Crippen LogP contribution in [-0.4, -0.2) is 20.5 Å². The highest BCUT2D eigenvalue weighted by Crippen LogP contribution is 2.35. The first-order valence-electron chi connectivity index (χ1n) is 11.0. The Balaban J connectivity index is 1.69. The van der Waals surface area contributed by atoms with Crippen LogP contribution in [0.4, 0.5) is 0 Å². The SMILES string of the molecule is Cc1noc(C)c1-c1cnc2c(c1)c(-c1cccc(C(=O)CC#N)c1)cn2Cc1ccccc1. The second-order valence-corrected chi connectivity index (χ2v) is 8.29. The van der Waals surface area contributed by atoms with Crippen molar-refractivity contribution in [2.24, 2.45) is 0 Å². The molecular weight excluding hydrogens is 424 g/mol. The minimum Gasteiger partial charge on any atom is -0.361 e. The van der Waals surface area contributed by atoms with Gasteiger partial charge in [0.1, 0.15) is 11.4 Å². The van der Waals surface area contributed by atoms with Crippen LogP contribution in [0.25, 0.3) is 33.3 Å². The van der Waals surface area contributed by atoms with Crippen LogP contribution in [0, 0.1) is 25.2 Å². The summed E-state index contributed by atoms with van der Waals surface area (Å²) in [6, 6.07) is 21.7. The molecule has 3 heterocycles. The Bertz CT molecular complexity index is 1540. The molecule has 6 nitrogen and oxygen atoms in total. The molecule has 0 bridgehead atoms. The molecule has 5 aromatic rings. The van der Waals surface area contributed by atoms with E-state index in [0.717, 1.165) is 44.7 Å². The summed E-state index contributed by atoms with van der Waals surface area (Å²) in [6.45, 7) is 4.48. The molecule has 5 rings (SSSR count). The van der Waals surface area contributed by atoms with E-state index in [1.807, 2.05) is 62.5 Å². The van der Waals surface area contributed by atoms with Gasteiger partial charge in [0.05, 0.1) is 18.2 Å². The van der Waals surface area contributed by atoms with Gasteiger partial charge in [0.25, 0.3) is 0 Å². The molecule has 166 valence electrons.